The maximum absolute atomic E-state index is 6.16. The first-order chi connectivity index (χ1) is 8.16. The van der Waals surface area contributed by atoms with E-state index < -0.39 is 0 Å². The van der Waals surface area contributed by atoms with Gasteiger partial charge in [0.05, 0.1) is 10.7 Å². The molecule has 3 heteroatoms. The summed E-state index contributed by atoms with van der Waals surface area (Å²) in [6.45, 7) is 4.85. The van der Waals surface area contributed by atoms with Gasteiger partial charge in [-0.3, -0.25) is 4.98 Å². The lowest BCUT2D eigenvalue weighted by Gasteiger charge is -2.10. The lowest BCUT2D eigenvalue weighted by atomic mass is 10.1. The number of aromatic nitrogens is 1. The van der Waals surface area contributed by atoms with Crippen LogP contribution in [0.3, 0.4) is 0 Å². The molecule has 0 bridgehead atoms. The number of nitrogens with one attached hydrogen (secondary N) is 1. The van der Waals surface area contributed by atoms with Crippen molar-refractivity contribution in [3.8, 4) is 0 Å². The molecular formula is C14H15ClN2. The van der Waals surface area contributed by atoms with Crippen LogP contribution in [-0.2, 0) is 6.54 Å². The maximum atomic E-state index is 6.16. The molecule has 88 valence electrons. The molecule has 0 radical (unpaired) electrons. The van der Waals surface area contributed by atoms with Crippen LogP contribution in [0.1, 0.15) is 16.7 Å². The Balaban J connectivity index is 2.10. The monoisotopic (exact) mass is 246 g/mol. The fourth-order valence-electron chi connectivity index (χ4n) is 1.64. The SMILES string of the molecule is Cc1ccc(NCc2cnccc2C)c(Cl)c1. The maximum Gasteiger partial charge on any atom is 0.0640 e. The van der Waals surface area contributed by atoms with Gasteiger partial charge in [0, 0.05) is 18.9 Å². The van der Waals surface area contributed by atoms with Crippen LogP contribution >= 0.6 is 11.6 Å². The van der Waals surface area contributed by atoms with Crippen LogP contribution in [0.25, 0.3) is 0 Å². The molecule has 0 saturated carbocycles. The van der Waals surface area contributed by atoms with Gasteiger partial charge < -0.3 is 5.32 Å². The first-order valence-electron chi connectivity index (χ1n) is 5.56. The first-order valence-corrected chi connectivity index (χ1v) is 5.94. The highest BCUT2D eigenvalue weighted by Gasteiger charge is 2.01. The molecule has 0 atom stereocenters. The summed E-state index contributed by atoms with van der Waals surface area (Å²) < 4.78 is 0. The molecule has 0 aliphatic heterocycles. The van der Waals surface area contributed by atoms with Gasteiger partial charge in [0.25, 0.3) is 0 Å². The number of pyridine rings is 1. The molecule has 2 nitrogen and oxygen atoms in total. The summed E-state index contributed by atoms with van der Waals surface area (Å²) in [7, 11) is 0. The summed E-state index contributed by atoms with van der Waals surface area (Å²) in [5.41, 5.74) is 4.54. The number of hydrogen-bond donors (Lipinski definition) is 1. The normalized spacial score (nSPS) is 10.3. The number of hydrogen-bond acceptors (Lipinski definition) is 2. The van der Waals surface area contributed by atoms with Crippen molar-refractivity contribution in [2.24, 2.45) is 0 Å². The van der Waals surface area contributed by atoms with Gasteiger partial charge in [-0.25, -0.2) is 0 Å². The Labute approximate surface area is 107 Å². The van der Waals surface area contributed by atoms with Crippen LogP contribution in [0.2, 0.25) is 5.02 Å². The standard InChI is InChI=1S/C14H15ClN2/c1-10-3-4-14(13(15)7-10)17-9-12-8-16-6-5-11(12)2/h3-8,17H,9H2,1-2H3. The van der Waals surface area contributed by atoms with Crippen LogP contribution in [0.5, 0.6) is 0 Å². The Kier molecular flexibility index (Phi) is 3.64. The fourth-order valence-corrected chi connectivity index (χ4v) is 1.94. The first kappa shape index (κ1) is 11.9. The third kappa shape index (κ3) is 2.98. The number of rotatable bonds is 3. The summed E-state index contributed by atoms with van der Waals surface area (Å²) in [5, 5.41) is 4.08. The molecule has 0 spiro atoms. The van der Waals surface area contributed by atoms with Crippen LogP contribution in [0.4, 0.5) is 5.69 Å². The molecule has 1 aromatic carbocycles. The Hall–Kier alpha value is -1.54. The van der Waals surface area contributed by atoms with E-state index in [1.165, 1.54) is 11.1 Å². The van der Waals surface area contributed by atoms with Crippen molar-refractivity contribution in [1.29, 1.82) is 0 Å². The van der Waals surface area contributed by atoms with Crippen molar-refractivity contribution in [2.45, 2.75) is 20.4 Å². The zero-order chi connectivity index (χ0) is 12.3. The van der Waals surface area contributed by atoms with E-state index in [2.05, 4.69) is 17.2 Å². The zero-order valence-electron chi connectivity index (χ0n) is 10.00. The quantitative estimate of drug-likeness (QED) is 0.887. The van der Waals surface area contributed by atoms with E-state index in [1.54, 1.807) is 6.20 Å². The average molecular weight is 247 g/mol. The highest BCUT2D eigenvalue weighted by atomic mass is 35.5. The van der Waals surface area contributed by atoms with Gasteiger partial charge in [0.2, 0.25) is 0 Å². The van der Waals surface area contributed by atoms with Gasteiger partial charge in [-0.2, -0.15) is 0 Å². The molecule has 0 saturated heterocycles. The van der Waals surface area contributed by atoms with Crippen LogP contribution in [0, 0.1) is 13.8 Å². The zero-order valence-corrected chi connectivity index (χ0v) is 10.8. The van der Waals surface area contributed by atoms with E-state index in [1.807, 2.05) is 37.4 Å². The van der Waals surface area contributed by atoms with Gasteiger partial charge in [-0.05, 0) is 48.7 Å². The summed E-state index contributed by atoms with van der Waals surface area (Å²) in [5.74, 6) is 0. The number of benzene rings is 1. The third-order valence-electron chi connectivity index (χ3n) is 2.74. The summed E-state index contributed by atoms with van der Waals surface area (Å²) in [6, 6.07) is 8.02. The van der Waals surface area contributed by atoms with Gasteiger partial charge in [0.1, 0.15) is 0 Å². The lowest BCUT2D eigenvalue weighted by molar-refractivity contribution is 1.08. The molecule has 2 aromatic rings. The topological polar surface area (TPSA) is 24.9 Å². The molecular weight excluding hydrogens is 232 g/mol. The molecule has 17 heavy (non-hydrogen) atoms. The van der Waals surface area contributed by atoms with Crippen LogP contribution < -0.4 is 5.32 Å². The van der Waals surface area contributed by atoms with E-state index in [0.717, 1.165) is 22.8 Å². The number of anilines is 1. The molecule has 0 amide bonds. The van der Waals surface area contributed by atoms with E-state index >= 15 is 0 Å². The Morgan fingerprint density at radius 3 is 2.76 bits per heavy atom. The highest BCUT2D eigenvalue weighted by Crippen LogP contribution is 2.23. The number of aryl methyl sites for hydroxylation is 2. The summed E-state index contributed by atoms with van der Waals surface area (Å²) in [4.78, 5) is 4.12. The van der Waals surface area contributed by atoms with Gasteiger partial charge in [0.15, 0.2) is 0 Å². The predicted octanol–water partition coefficient (Wildman–Crippen LogP) is 3.96. The minimum absolute atomic E-state index is 0.739. The fraction of sp³-hybridized carbons (Fsp3) is 0.214. The number of halogens is 1. The van der Waals surface area contributed by atoms with Crippen LogP contribution in [-0.4, -0.2) is 4.98 Å². The van der Waals surface area contributed by atoms with Gasteiger partial charge >= 0.3 is 0 Å². The third-order valence-corrected chi connectivity index (χ3v) is 3.05. The van der Waals surface area contributed by atoms with Crippen molar-refractivity contribution >= 4 is 17.3 Å². The molecule has 0 fully saturated rings. The van der Waals surface area contributed by atoms with Crippen molar-refractivity contribution in [1.82, 2.24) is 4.98 Å². The smallest absolute Gasteiger partial charge is 0.0640 e. The Bertz CT molecular complexity index is 523. The van der Waals surface area contributed by atoms with E-state index in [9.17, 15) is 0 Å². The minimum atomic E-state index is 0.739. The number of nitrogens with zero attached hydrogens (tertiary/aromatic N) is 1. The second kappa shape index (κ2) is 5.19. The predicted molar refractivity (Wildman–Crippen MR) is 72.5 cm³/mol. The Morgan fingerprint density at radius 1 is 1.24 bits per heavy atom. The summed E-state index contributed by atoms with van der Waals surface area (Å²) in [6.07, 6.45) is 3.68. The molecule has 1 N–H and O–H groups in total. The molecule has 2 rings (SSSR count). The molecule has 1 heterocycles. The van der Waals surface area contributed by atoms with E-state index in [-0.39, 0.29) is 0 Å². The minimum Gasteiger partial charge on any atom is -0.380 e. The van der Waals surface area contributed by atoms with Crippen LogP contribution in [0.15, 0.2) is 36.7 Å². The van der Waals surface area contributed by atoms with Crippen molar-refractivity contribution < 1.29 is 0 Å². The van der Waals surface area contributed by atoms with Crippen molar-refractivity contribution in [3.63, 3.8) is 0 Å². The molecule has 0 unspecified atom stereocenters. The molecule has 0 aliphatic rings. The largest absolute Gasteiger partial charge is 0.380 e. The van der Waals surface area contributed by atoms with Gasteiger partial charge in [-0.1, -0.05) is 17.7 Å². The Morgan fingerprint density at radius 2 is 2.06 bits per heavy atom. The van der Waals surface area contributed by atoms with Gasteiger partial charge in [-0.15, -0.1) is 0 Å². The van der Waals surface area contributed by atoms with E-state index in [0.29, 0.717) is 0 Å². The van der Waals surface area contributed by atoms with E-state index in [4.69, 9.17) is 11.6 Å². The van der Waals surface area contributed by atoms with Crippen molar-refractivity contribution in [3.05, 3.63) is 58.4 Å². The lowest BCUT2D eigenvalue weighted by Crippen LogP contribution is -2.02. The second-order valence-corrected chi connectivity index (χ2v) is 4.55. The highest BCUT2D eigenvalue weighted by molar-refractivity contribution is 6.33. The average Bonchev–Trinajstić information content (AvgIpc) is 2.30. The molecule has 1 aromatic heterocycles. The molecule has 0 aliphatic carbocycles. The second-order valence-electron chi connectivity index (χ2n) is 4.14. The van der Waals surface area contributed by atoms with Crippen molar-refractivity contribution in [2.75, 3.05) is 5.32 Å². The summed E-state index contributed by atoms with van der Waals surface area (Å²) >= 11 is 6.16.